The summed E-state index contributed by atoms with van der Waals surface area (Å²) in [5, 5.41) is 0.752. The number of benzene rings is 1. The molecule has 1 aromatic carbocycles. The maximum Gasteiger partial charge on any atom is 0.252 e. The van der Waals surface area contributed by atoms with Crippen molar-refractivity contribution in [2.75, 3.05) is 36.0 Å². The van der Waals surface area contributed by atoms with Crippen LogP contribution in [0.25, 0.3) is 0 Å². The molecule has 0 aliphatic carbocycles. The molecule has 1 aliphatic rings. The Kier molecular flexibility index (Phi) is 5.63. The molecule has 6 heteroatoms. The average molecular weight is 361 g/mol. The second-order valence-corrected chi connectivity index (χ2v) is 7.38. The van der Waals surface area contributed by atoms with Crippen molar-refractivity contribution in [2.45, 2.75) is 26.7 Å². The number of nitrogens with one attached hydrogen (secondary N) is 1. The number of H-pyrrole nitrogens is 1. The molecule has 5 nitrogen and oxygen atoms in total. The molecule has 2 aromatic rings. The molecule has 1 N–H and O–H groups in total. The van der Waals surface area contributed by atoms with E-state index in [0.717, 1.165) is 49.7 Å². The summed E-state index contributed by atoms with van der Waals surface area (Å²) >= 11 is 5.96. The van der Waals surface area contributed by atoms with Crippen molar-refractivity contribution in [3.63, 3.8) is 0 Å². The van der Waals surface area contributed by atoms with Gasteiger partial charge in [0.15, 0.2) is 0 Å². The van der Waals surface area contributed by atoms with E-state index < -0.39 is 0 Å². The van der Waals surface area contributed by atoms with Crippen LogP contribution in [-0.4, -0.2) is 36.1 Å². The Morgan fingerprint density at radius 3 is 2.40 bits per heavy atom. The Balaban J connectivity index is 1.66. The number of hydrogen-bond acceptors (Lipinski definition) is 4. The topological polar surface area (TPSA) is 52.2 Å². The van der Waals surface area contributed by atoms with E-state index in [9.17, 15) is 4.79 Å². The first-order valence-electron chi connectivity index (χ1n) is 8.87. The second kappa shape index (κ2) is 7.91. The fourth-order valence-electron chi connectivity index (χ4n) is 3.04. The highest BCUT2D eigenvalue weighted by molar-refractivity contribution is 6.30. The summed E-state index contributed by atoms with van der Waals surface area (Å²) in [5.74, 6) is 1.30. The van der Waals surface area contributed by atoms with Gasteiger partial charge in [0, 0.05) is 48.6 Å². The molecule has 134 valence electrons. The molecule has 0 spiro atoms. The lowest BCUT2D eigenvalue weighted by Gasteiger charge is -2.36. The molecule has 3 rings (SSSR count). The van der Waals surface area contributed by atoms with Gasteiger partial charge in [0.2, 0.25) is 5.95 Å². The van der Waals surface area contributed by atoms with Gasteiger partial charge in [0.25, 0.3) is 5.56 Å². The minimum absolute atomic E-state index is 0.0658. The van der Waals surface area contributed by atoms with E-state index in [4.69, 9.17) is 11.6 Å². The SMILES string of the molecule is CC(C)CCc1cc(=O)[nH]c(N2CCN(c3ccc(Cl)cc3)CC2)n1. The van der Waals surface area contributed by atoms with Gasteiger partial charge < -0.3 is 9.80 Å². The number of aromatic nitrogens is 2. The summed E-state index contributed by atoms with van der Waals surface area (Å²) in [6.45, 7) is 7.82. The van der Waals surface area contributed by atoms with E-state index >= 15 is 0 Å². The van der Waals surface area contributed by atoms with Gasteiger partial charge in [-0.25, -0.2) is 4.98 Å². The van der Waals surface area contributed by atoms with Crippen LogP contribution in [0.5, 0.6) is 0 Å². The highest BCUT2D eigenvalue weighted by Gasteiger charge is 2.19. The van der Waals surface area contributed by atoms with Gasteiger partial charge >= 0.3 is 0 Å². The number of anilines is 2. The van der Waals surface area contributed by atoms with Crippen LogP contribution in [0.15, 0.2) is 35.1 Å². The molecule has 2 heterocycles. The predicted octanol–water partition coefficient (Wildman–Crippen LogP) is 3.34. The Labute approximate surface area is 153 Å². The Bertz CT molecular complexity index is 749. The van der Waals surface area contributed by atoms with Crippen LogP contribution in [0.1, 0.15) is 26.0 Å². The monoisotopic (exact) mass is 360 g/mol. The maximum atomic E-state index is 12.0. The summed E-state index contributed by atoms with van der Waals surface area (Å²) in [4.78, 5) is 24.0. The number of rotatable bonds is 5. The first-order valence-corrected chi connectivity index (χ1v) is 9.25. The minimum Gasteiger partial charge on any atom is -0.368 e. The van der Waals surface area contributed by atoms with E-state index in [1.807, 2.05) is 24.3 Å². The number of aryl methyl sites for hydroxylation is 1. The molecule has 0 saturated carbocycles. The normalized spacial score (nSPS) is 15.0. The Hall–Kier alpha value is -2.01. The first kappa shape index (κ1) is 17.8. The third-order valence-electron chi connectivity index (χ3n) is 4.53. The van der Waals surface area contributed by atoms with Gasteiger partial charge in [-0.15, -0.1) is 0 Å². The third-order valence-corrected chi connectivity index (χ3v) is 4.78. The van der Waals surface area contributed by atoms with Gasteiger partial charge in [0.1, 0.15) is 0 Å². The number of hydrogen-bond donors (Lipinski definition) is 1. The van der Waals surface area contributed by atoms with Crippen LogP contribution in [0, 0.1) is 5.92 Å². The highest BCUT2D eigenvalue weighted by atomic mass is 35.5. The van der Waals surface area contributed by atoms with Crippen LogP contribution in [0.2, 0.25) is 5.02 Å². The molecule has 1 aromatic heterocycles. The molecule has 1 saturated heterocycles. The molecular weight excluding hydrogens is 336 g/mol. The largest absolute Gasteiger partial charge is 0.368 e. The lowest BCUT2D eigenvalue weighted by atomic mass is 10.1. The van der Waals surface area contributed by atoms with Gasteiger partial charge in [-0.3, -0.25) is 9.78 Å². The molecule has 0 radical (unpaired) electrons. The number of nitrogens with zero attached hydrogens (tertiary/aromatic N) is 3. The fraction of sp³-hybridized carbons (Fsp3) is 0.474. The zero-order chi connectivity index (χ0) is 17.8. The Morgan fingerprint density at radius 1 is 1.12 bits per heavy atom. The maximum absolute atomic E-state index is 12.0. The first-order chi connectivity index (χ1) is 12.0. The summed E-state index contributed by atoms with van der Waals surface area (Å²) in [5.41, 5.74) is 1.99. The smallest absolute Gasteiger partial charge is 0.252 e. The van der Waals surface area contributed by atoms with Gasteiger partial charge in [-0.05, 0) is 43.0 Å². The summed E-state index contributed by atoms with van der Waals surface area (Å²) < 4.78 is 0. The van der Waals surface area contributed by atoms with Crippen molar-refractivity contribution in [3.8, 4) is 0 Å². The van der Waals surface area contributed by atoms with Crippen LogP contribution in [0.3, 0.4) is 0 Å². The quantitative estimate of drug-likeness (QED) is 0.888. The van der Waals surface area contributed by atoms with E-state index in [1.54, 1.807) is 6.07 Å². The molecule has 1 aliphatic heterocycles. The average Bonchev–Trinajstić information content (AvgIpc) is 2.60. The van der Waals surface area contributed by atoms with Crippen molar-refractivity contribution < 1.29 is 0 Å². The van der Waals surface area contributed by atoms with Gasteiger partial charge in [0.05, 0.1) is 0 Å². The molecular formula is C19H25ClN4O. The van der Waals surface area contributed by atoms with Gasteiger partial charge in [-0.1, -0.05) is 25.4 Å². The minimum atomic E-state index is -0.0658. The van der Waals surface area contributed by atoms with Crippen molar-refractivity contribution in [3.05, 3.63) is 51.4 Å². The zero-order valence-electron chi connectivity index (χ0n) is 14.8. The van der Waals surface area contributed by atoms with E-state index in [2.05, 4.69) is 33.6 Å². The van der Waals surface area contributed by atoms with E-state index in [1.165, 1.54) is 5.69 Å². The standard InChI is InChI=1S/C19H25ClN4O/c1-14(2)3-6-16-13-18(25)22-19(21-16)24-11-9-23(10-12-24)17-7-4-15(20)5-8-17/h4-5,7-8,13-14H,3,6,9-12H2,1-2H3,(H,21,22,25). The second-order valence-electron chi connectivity index (χ2n) is 6.94. The van der Waals surface area contributed by atoms with Crippen LogP contribution < -0.4 is 15.4 Å². The lowest BCUT2D eigenvalue weighted by Crippen LogP contribution is -2.47. The van der Waals surface area contributed by atoms with Gasteiger partial charge in [-0.2, -0.15) is 0 Å². The summed E-state index contributed by atoms with van der Waals surface area (Å²) in [7, 11) is 0. The van der Waals surface area contributed by atoms with Crippen molar-refractivity contribution in [2.24, 2.45) is 5.92 Å². The van der Waals surface area contributed by atoms with E-state index in [0.29, 0.717) is 11.9 Å². The summed E-state index contributed by atoms with van der Waals surface area (Å²) in [6.07, 6.45) is 1.89. The molecule has 0 unspecified atom stereocenters. The molecule has 0 atom stereocenters. The summed E-state index contributed by atoms with van der Waals surface area (Å²) in [6, 6.07) is 9.55. The number of aromatic amines is 1. The molecule has 0 amide bonds. The van der Waals surface area contributed by atoms with E-state index in [-0.39, 0.29) is 5.56 Å². The lowest BCUT2D eigenvalue weighted by molar-refractivity contribution is 0.578. The zero-order valence-corrected chi connectivity index (χ0v) is 15.6. The van der Waals surface area contributed by atoms with Crippen LogP contribution >= 0.6 is 11.6 Å². The van der Waals surface area contributed by atoms with Crippen molar-refractivity contribution in [1.82, 2.24) is 9.97 Å². The highest BCUT2D eigenvalue weighted by Crippen LogP contribution is 2.20. The molecule has 0 bridgehead atoms. The fourth-order valence-corrected chi connectivity index (χ4v) is 3.16. The third kappa shape index (κ3) is 4.75. The van der Waals surface area contributed by atoms with Crippen LogP contribution in [0.4, 0.5) is 11.6 Å². The van der Waals surface area contributed by atoms with Crippen LogP contribution in [-0.2, 0) is 6.42 Å². The molecule has 1 fully saturated rings. The number of piperazine rings is 1. The predicted molar refractivity (Wildman–Crippen MR) is 104 cm³/mol. The Morgan fingerprint density at radius 2 is 1.76 bits per heavy atom. The van der Waals surface area contributed by atoms with Crippen molar-refractivity contribution in [1.29, 1.82) is 0 Å². The van der Waals surface area contributed by atoms with Crippen molar-refractivity contribution >= 4 is 23.2 Å². The number of halogens is 1. The molecule has 25 heavy (non-hydrogen) atoms.